The highest BCUT2D eigenvalue weighted by molar-refractivity contribution is 5.76. The van der Waals surface area contributed by atoms with Gasteiger partial charge < -0.3 is 13.8 Å². The van der Waals surface area contributed by atoms with Crippen LogP contribution in [0.5, 0.6) is 0 Å². The summed E-state index contributed by atoms with van der Waals surface area (Å²) in [6, 6.07) is 2.12. The number of carbonyl (C=O) groups excluding carboxylic acids is 1. The van der Waals surface area contributed by atoms with E-state index in [9.17, 15) is 4.79 Å². The largest absolute Gasteiger partial charge is 0.419 e. The molecule has 0 aromatic carbocycles. The van der Waals surface area contributed by atoms with E-state index >= 15 is 0 Å². The number of aromatic nitrogens is 3. The van der Waals surface area contributed by atoms with Gasteiger partial charge in [0.25, 0.3) is 5.89 Å². The third-order valence-corrected chi connectivity index (χ3v) is 4.29. The number of rotatable bonds is 5. The second kappa shape index (κ2) is 6.93. The van der Waals surface area contributed by atoms with Gasteiger partial charge in [0, 0.05) is 31.5 Å². The standard InChI is InChI=1S/C16H22N4O3/c1-3-12-6-4-5-9-20(12)15(21)8-7-14-17-18-16(22-14)13-10-11(2)23-19-13/h10,12H,3-9H2,1-2H3. The Morgan fingerprint density at radius 1 is 1.39 bits per heavy atom. The lowest BCUT2D eigenvalue weighted by Crippen LogP contribution is -2.43. The maximum Gasteiger partial charge on any atom is 0.269 e. The zero-order valence-corrected chi connectivity index (χ0v) is 13.6. The van der Waals surface area contributed by atoms with Crippen LogP contribution >= 0.6 is 0 Å². The van der Waals surface area contributed by atoms with Crippen LogP contribution in [0.25, 0.3) is 11.6 Å². The molecular weight excluding hydrogens is 296 g/mol. The summed E-state index contributed by atoms with van der Waals surface area (Å²) in [6.07, 6.45) is 5.29. The highest BCUT2D eigenvalue weighted by atomic mass is 16.5. The predicted molar refractivity (Wildman–Crippen MR) is 82.5 cm³/mol. The van der Waals surface area contributed by atoms with Crippen LogP contribution in [0.1, 0.15) is 50.7 Å². The molecule has 1 fully saturated rings. The van der Waals surface area contributed by atoms with Crippen molar-refractivity contribution in [2.75, 3.05) is 6.54 Å². The van der Waals surface area contributed by atoms with Crippen LogP contribution in [0, 0.1) is 6.92 Å². The van der Waals surface area contributed by atoms with Crippen LogP contribution in [0.15, 0.2) is 15.0 Å². The van der Waals surface area contributed by atoms with Gasteiger partial charge in [-0.3, -0.25) is 4.79 Å². The summed E-state index contributed by atoms with van der Waals surface area (Å²) in [5.41, 5.74) is 0.523. The molecule has 3 heterocycles. The van der Waals surface area contributed by atoms with Crippen molar-refractivity contribution in [2.24, 2.45) is 0 Å². The van der Waals surface area contributed by atoms with Crippen molar-refractivity contribution in [2.45, 2.75) is 58.4 Å². The fourth-order valence-electron chi connectivity index (χ4n) is 3.04. The SMILES string of the molecule is CCC1CCCCN1C(=O)CCc1nnc(-c2cc(C)on2)o1. The lowest BCUT2D eigenvalue weighted by molar-refractivity contribution is -0.135. The highest BCUT2D eigenvalue weighted by Crippen LogP contribution is 2.21. The topological polar surface area (TPSA) is 85.3 Å². The second-order valence-corrected chi connectivity index (χ2v) is 5.97. The molecule has 124 valence electrons. The smallest absolute Gasteiger partial charge is 0.269 e. The number of piperidine rings is 1. The highest BCUT2D eigenvalue weighted by Gasteiger charge is 2.25. The molecule has 0 N–H and O–H groups in total. The minimum atomic E-state index is 0.175. The minimum Gasteiger partial charge on any atom is -0.419 e. The van der Waals surface area contributed by atoms with Gasteiger partial charge in [0.05, 0.1) is 0 Å². The number of nitrogens with zero attached hydrogens (tertiary/aromatic N) is 4. The number of hydrogen-bond donors (Lipinski definition) is 0. The normalized spacial score (nSPS) is 18.3. The molecule has 0 saturated carbocycles. The van der Waals surface area contributed by atoms with Gasteiger partial charge in [0.15, 0.2) is 5.69 Å². The summed E-state index contributed by atoms with van der Waals surface area (Å²) in [5, 5.41) is 11.8. The molecule has 1 atom stereocenters. The van der Waals surface area contributed by atoms with Crippen molar-refractivity contribution in [1.29, 1.82) is 0 Å². The van der Waals surface area contributed by atoms with Crippen molar-refractivity contribution >= 4 is 5.91 Å². The molecule has 1 unspecified atom stereocenters. The number of amides is 1. The molecule has 0 radical (unpaired) electrons. The molecule has 2 aromatic heterocycles. The zero-order chi connectivity index (χ0) is 16.2. The van der Waals surface area contributed by atoms with Gasteiger partial charge >= 0.3 is 0 Å². The number of likely N-dealkylation sites (tertiary alicyclic amines) is 1. The summed E-state index contributed by atoms with van der Waals surface area (Å²) in [6.45, 7) is 4.81. The van der Waals surface area contributed by atoms with Crippen molar-refractivity contribution in [3.63, 3.8) is 0 Å². The average Bonchev–Trinajstić information content (AvgIpc) is 3.21. The molecule has 1 saturated heterocycles. The van der Waals surface area contributed by atoms with Crippen LogP contribution in [-0.4, -0.2) is 38.7 Å². The first-order valence-electron chi connectivity index (χ1n) is 8.23. The van der Waals surface area contributed by atoms with Crippen LogP contribution in [0.2, 0.25) is 0 Å². The second-order valence-electron chi connectivity index (χ2n) is 5.97. The minimum absolute atomic E-state index is 0.175. The van der Waals surface area contributed by atoms with E-state index < -0.39 is 0 Å². The van der Waals surface area contributed by atoms with Crippen LogP contribution in [0.4, 0.5) is 0 Å². The molecule has 0 bridgehead atoms. The third-order valence-electron chi connectivity index (χ3n) is 4.29. The van der Waals surface area contributed by atoms with Crippen LogP contribution < -0.4 is 0 Å². The molecule has 7 nitrogen and oxygen atoms in total. The molecule has 0 spiro atoms. The molecule has 2 aromatic rings. The van der Waals surface area contributed by atoms with Crippen molar-refractivity contribution in [3.8, 4) is 11.6 Å². The van der Waals surface area contributed by atoms with Gasteiger partial charge in [-0.2, -0.15) is 0 Å². The van der Waals surface area contributed by atoms with E-state index in [1.807, 2.05) is 4.90 Å². The maximum absolute atomic E-state index is 12.4. The molecule has 23 heavy (non-hydrogen) atoms. The van der Waals surface area contributed by atoms with E-state index in [2.05, 4.69) is 22.3 Å². The Morgan fingerprint density at radius 2 is 2.26 bits per heavy atom. The van der Waals surface area contributed by atoms with Gasteiger partial charge in [-0.05, 0) is 32.6 Å². The molecule has 0 aliphatic carbocycles. The molecule has 3 rings (SSSR count). The van der Waals surface area contributed by atoms with E-state index in [1.165, 1.54) is 6.42 Å². The summed E-state index contributed by atoms with van der Waals surface area (Å²) >= 11 is 0. The van der Waals surface area contributed by atoms with E-state index in [0.717, 1.165) is 25.8 Å². The number of carbonyl (C=O) groups is 1. The Bertz CT molecular complexity index is 664. The van der Waals surface area contributed by atoms with Crippen molar-refractivity contribution in [3.05, 3.63) is 17.7 Å². The van der Waals surface area contributed by atoms with Gasteiger partial charge in [0.2, 0.25) is 11.8 Å². The fraction of sp³-hybridized carbons (Fsp3) is 0.625. The summed E-state index contributed by atoms with van der Waals surface area (Å²) in [4.78, 5) is 14.4. The van der Waals surface area contributed by atoms with E-state index in [4.69, 9.17) is 8.94 Å². The monoisotopic (exact) mass is 318 g/mol. The maximum atomic E-state index is 12.4. The van der Waals surface area contributed by atoms with Crippen LogP contribution in [0.3, 0.4) is 0 Å². The van der Waals surface area contributed by atoms with E-state index in [1.54, 1.807) is 13.0 Å². The lowest BCUT2D eigenvalue weighted by atomic mass is 9.99. The first kappa shape index (κ1) is 15.7. The first-order chi connectivity index (χ1) is 11.2. The zero-order valence-electron chi connectivity index (χ0n) is 13.6. The van der Waals surface area contributed by atoms with E-state index in [0.29, 0.717) is 42.1 Å². The molecule has 7 heteroatoms. The summed E-state index contributed by atoms with van der Waals surface area (Å²) < 4.78 is 10.5. The van der Waals surface area contributed by atoms with Gasteiger partial charge in [-0.25, -0.2) is 0 Å². The Kier molecular flexibility index (Phi) is 4.73. The van der Waals surface area contributed by atoms with Crippen molar-refractivity contribution < 1.29 is 13.7 Å². The van der Waals surface area contributed by atoms with Gasteiger partial charge in [-0.15, -0.1) is 10.2 Å². The Hall–Kier alpha value is -2.18. The third kappa shape index (κ3) is 3.60. The Labute approximate surface area is 135 Å². The lowest BCUT2D eigenvalue weighted by Gasteiger charge is -2.35. The quantitative estimate of drug-likeness (QED) is 0.842. The predicted octanol–water partition coefficient (Wildman–Crippen LogP) is 2.76. The molecule has 1 aliphatic rings. The van der Waals surface area contributed by atoms with E-state index in [-0.39, 0.29) is 5.91 Å². The van der Waals surface area contributed by atoms with Crippen molar-refractivity contribution in [1.82, 2.24) is 20.3 Å². The molecular formula is C16H22N4O3. The van der Waals surface area contributed by atoms with Gasteiger partial charge in [0.1, 0.15) is 5.76 Å². The summed E-state index contributed by atoms with van der Waals surface area (Å²) in [5.74, 6) is 1.65. The van der Waals surface area contributed by atoms with Gasteiger partial charge in [-0.1, -0.05) is 12.1 Å². The molecule has 1 amide bonds. The van der Waals surface area contributed by atoms with Crippen LogP contribution in [-0.2, 0) is 11.2 Å². The molecule has 1 aliphatic heterocycles. The summed E-state index contributed by atoms with van der Waals surface area (Å²) in [7, 11) is 0. The first-order valence-corrected chi connectivity index (χ1v) is 8.23. The fourth-order valence-corrected chi connectivity index (χ4v) is 3.04. The number of hydrogen-bond acceptors (Lipinski definition) is 6. The number of aryl methyl sites for hydroxylation is 2. The Balaban J connectivity index is 1.58. The average molecular weight is 318 g/mol. The Morgan fingerprint density at radius 3 is 3.00 bits per heavy atom.